The number of unbranched alkanes of at least 4 members (excludes halogenated alkanes) is 5. The Morgan fingerprint density at radius 3 is 2.34 bits per heavy atom. The molecule has 0 spiro atoms. The number of ether oxygens (including phenoxy) is 4. The smallest absolute Gasteiger partial charge is 0.280 e. The molecule has 19 nitrogen and oxygen atoms in total. The highest BCUT2D eigenvalue weighted by molar-refractivity contribution is 6.07. The van der Waals surface area contributed by atoms with Crippen LogP contribution in [0.2, 0.25) is 0 Å². The van der Waals surface area contributed by atoms with Crippen LogP contribution >= 0.6 is 0 Å². The Morgan fingerprint density at radius 2 is 1.61 bits per heavy atom. The molecule has 1 aromatic heterocycles. The van der Waals surface area contributed by atoms with Gasteiger partial charge in [-0.3, -0.25) is 29.3 Å². The van der Waals surface area contributed by atoms with E-state index in [-0.39, 0.29) is 61.9 Å². The minimum absolute atomic E-state index is 0.0225. The molecule has 20 heteroatoms. The lowest BCUT2D eigenvalue weighted by Gasteiger charge is -2.29. The lowest BCUT2D eigenvalue weighted by Crippen LogP contribution is -2.52. The third kappa shape index (κ3) is 16.5. The van der Waals surface area contributed by atoms with Crippen LogP contribution in [0.15, 0.2) is 79.3 Å². The van der Waals surface area contributed by atoms with Crippen LogP contribution in [0, 0.1) is 11.2 Å². The number of carbonyl (C=O) groups is 5. The highest BCUT2D eigenvalue weighted by atomic mass is 19.1. The molecule has 1 atom stereocenters. The van der Waals surface area contributed by atoms with Crippen LogP contribution in [0.3, 0.4) is 0 Å². The first-order valence-electron chi connectivity index (χ1n) is 24.0. The number of aromatic nitrogens is 2. The Labute approximate surface area is 412 Å². The molecule has 4 aromatic rings. The van der Waals surface area contributed by atoms with Crippen molar-refractivity contribution in [1.29, 1.82) is 5.41 Å². The van der Waals surface area contributed by atoms with E-state index in [1.807, 2.05) is 0 Å². The van der Waals surface area contributed by atoms with E-state index in [9.17, 15) is 28.4 Å². The van der Waals surface area contributed by atoms with Gasteiger partial charge in [0.15, 0.2) is 0 Å². The Hall–Kier alpha value is -7.16. The quantitative estimate of drug-likeness (QED) is 0.0139. The van der Waals surface area contributed by atoms with Gasteiger partial charge < -0.3 is 45.5 Å². The number of imide groups is 1. The van der Waals surface area contributed by atoms with Gasteiger partial charge in [0.1, 0.15) is 36.2 Å². The summed E-state index contributed by atoms with van der Waals surface area (Å²) in [7, 11) is 1.67. The van der Waals surface area contributed by atoms with Crippen molar-refractivity contribution < 1.29 is 51.9 Å². The molecule has 0 radical (unpaired) electrons. The van der Waals surface area contributed by atoms with Crippen LogP contribution in [0.25, 0.3) is 0 Å². The summed E-state index contributed by atoms with van der Waals surface area (Å²) in [6, 6.07) is 17.4. The minimum Gasteiger partial charge on any atom is -0.494 e. The zero-order chi connectivity index (χ0) is 50.4. The third-order valence-electron chi connectivity index (χ3n) is 11.9. The topological polar surface area (TPSA) is 252 Å². The van der Waals surface area contributed by atoms with E-state index < -0.39 is 17.8 Å². The average molecular weight is 980 g/mol. The molecule has 3 aromatic carbocycles. The number of fused-ring (bicyclic) bond motifs is 1. The molecule has 3 heterocycles. The SMILES string of the molecule is C[N+](C(=N)c1ccncn1)=C(N)CNc1cccc(C(=O)NCc2cc(OCCCCCCOCCOCCOCCCCCC(=O)Nc3cccc4c3CN(C3CCC(=O)NC3=O)C4=O)ccc2F)c1. The zero-order valence-electron chi connectivity index (χ0n) is 40.1. The van der Waals surface area contributed by atoms with E-state index in [4.69, 9.17) is 30.1 Å². The zero-order valence-corrected chi connectivity index (χ0v) is 40.1. The number of nitrogens with zero attached hydrogens (tertiary/aromatic N) is 4. The maximum Gasteiger partial charge on any atom is 0.280 e. The van der Waals surface area contributed by atoms with Gasteiger partial charge in [0, 0.05) is 79.0 Å². The molecule has 7 N–H and O–H groups in total. The third-order valence-corrected chi connectivity index (χ3v) is 11.9. The largest absolute Gasteiger partial charge is 0.494 e. The number of hydrogen-bond acceptors (Lipinski definition) is 13. The van der Waals surface area contributed by atoms with E-state index in [0.717, 1.165) is 38.5 Å². The summed E-state index contributed by atoms with van der Waals surface area (Å²) >= 11 is 0. The second-order valence-electron chi connectivity index (χ2n) is 17.1. The number of nitrogens with two attached hydrogens (primary N) is 1. The summed E-state index contributed by atoms with van der Waals surface area (Å²) in [4.78, 5) is 72.1. The molecular formula is C51H64FN10O9+. The van der Waals surface area contributed by atoms with Crippen LogP contribution < -0.4 is 31.7 Å². The molecule has 0 saturated carbocycles. The van der Waals surface area contributed by atoms with Gasteiger partial charge in [0.05, 0.1) is 40.1 Å². The molecule has 378 valence electrons. The Kier molecular flexibility index (Phi) is 20.9. The van der Waals surface area contributed by atoms with Gasteiger partial charge in [-0.25, -0.2) is 18.9 Å². The molecule has 1 saturated heterocycles. The number of rotatable bonds is 29. The van der Waals surface area contributed by atoms with Crippen molar-refractivity contribution in [3.63, 3.8) is 0 Å². The molecule has 0 aliphatic carbocycles. The first kappa shape index (κ1) is 53.2. The number of anilines is 2. The van der Waals surface area contributed by atoms with E-state index in [1.54, 1.807) is 73.9 Å². The molecule has 0 bridgehead atoms. The van der Waals surface area contributed by atoms with Gasteiger partial charge in [-0.15, -0.1) is 0 Å². The summed E-state index contributed by atoms with van der Waals surface area (Å²) in [6.45, 7) is 3.96. The van der Waals surface area contributed by atoms with Crippen molar-refractivity contribution in [2.45, 2.75) is 83.3 Å². The van der Waals surface area contributed by atoms with Crippen molar-refractivity contribution in [3.05, 3.63) is 113 Å². The Balaban J connectivity index is 0.731. The second-order valence-corrected chi connectivity index (χ2v) is 17.1. The maximum atomic E-state index is 14.7. The highest BCUT2D eigenvalue weighted by Crippen LogP contribution is 2.32. The van der Waals surface area contributed by atoms with Crippen LogP contribution in [-0.2, 0) is 41.7 Å². The van der Waals surface area contributed by atoms with E-state index in [0.29, 0.717) is 110 Å². The van der Waals surface area contributed by atoms with E-state index in [1.165, 1.54) is 21.9 Å². The Morgan fingerprint density at radius 1 is 0.887 bits per heavy atom. The molecule has 5 amide bonds. The number of amidine groups is 2. The van der Waals surface area contributed by atoms with Crippen LogP contribution in [0.4, 0.5) is 15.8 Å². The predicted octanol–water partition coefficient (Wildman–Crippen LogP) is 4.93. The summed E-state index contributed by atoms with van der Waals surface area (Å²) in [6.07, 6.45) is 9.66. The number of amides is 5. The molecular weight excluding hydrogens is 916 g/mol. The Bertz CT molecular complexity index is 2510. The van der Waals surface area contributed by atoms with Crippen molar-refractivity contribution in [1.82, 2.24) is 25.5 Å². The van der Waals surface area contributed by atoms with Crippen molar-refractivity contribution in [3.8, 4) is 5.75 Å². The molecule has 2 aliphatic heterocycles. The lowest BCUT2D eigenvalue weighted by molar-refractivity contribution is -0.373. The van der Waals surface area contributed by atoms with Crippen LogP contribution in [0.1, 0.15) is 102 Å². The predicted molar refractivity (Wildman–Crippen MR) is 263 cm³/mol. The number of hydrogen-bond donors (Lipinski definition) is 6. The fourth-order valence-electron chi connectivity index (χ4n) is 7.86. The molecule has 1 unspecified atom stereocenters. The standard InChI is InChI=1S/C51H63FN10O9/c1-61(48(54)43-20-21-55-34-58-43)45(53)32-56-37-12-9-11-35(29-37)49(65)57-31-36-30-38(16-17-41(36)52)71-24-8-3-2-6-22-68-25-27-70-28-26-69-23-7-4-5-15-46(63)59-42-14-10-13-39-40(42)33-62(51(39)67)44-18-19-47(64)60-50(44)66/h9-14,16-17,20-21,29-30,34,44,53-54,56H,2-8,15,18-19,22-28,31-33H2,1H3,(H3,57,59,60,63,64,65,66)/p+1. The van der Waals surface area contributed by atoms with Gasteiger partial charge in [-0.2, -0.15) is 5.41 Å². The summed E-state index contributed by atoms with van der Waals surface area (Å²) in [5.74, 6) is -1.05. The van der Waals surface area contributed by atoms with Crippen molar-refractivity contribution in [2.75, 3.05) is 70.5 Å². The lowest BCUT2D eigenvalue weighted by atomic mass is 10.0. The van der Waals surface area contributed by atoms with Gasteiger partial charge in [-0.05, 0) is 93.1 Å². The number of benzene rings is 3. The summed E-state index contributed by atoms with van der Waals surface area (Å²) in [5, 5.41) is 19.5. The number of carbonyl (C=O) groups excluding carboxylic acids is 5. The van der Waals surface area contributed by atoms with Crippen LogP contribution in [-0.4, -0.2) is 127 Å². The van der Waals surface area contributed by atoms with Gasteiger partial charge in [-0.1, -0.05) is 25.0 Å². The van der Waals surface area contributed by atoms with Gasteiger partial charge in [0.25, 0.3) is 17.6 Å². The molecule has 1 fully saturated rings. The van der Waals surface area contributed by atoms with Crippen LogP contribution in [0.5, 0.6) is 5.75 Å². The maximum absolute atomic E-state index is 14.7. The van der Waals surface area contributed by atoms with Crippen molar-refractivity contribution in [2.24, 2.45) is 5.73 Å². The number of nitrogens with one attached hydrogen (secondary N) is 5. The summed E-state index contributed by atoms with van der Waals surface area (Å²) < 4.78 is 39.0. The fraction of sp³-hybridized carbons (Fsp3) is 0.431. The number of piperidine rings is 1. The van der Waals surface area contributed by atoms with Gasteiger partial charge >= 0.3 is 0 Å². The highest BCUT2D eigenvalue weighted by Gasteiger charge is 2.40. The first-order chi connectivity index (χ1) is 34.5. The summed E-state index contributed by atoms with van der Waals surface area (Å²) in [5.41, 5.74) is 9.67. The minimum atomic E-state index is -0.714. The molecule has 2 aliphatic rings. The first-order valence-corrected chi connectivity index (χ1v) is 24.0. The van der Waals surface area contributed by atoms with E-state index in [2.05, 4.69) is 31.2 Å². The average Bonchev–Trinajstić information content (AvgIpc) is 3.72. The second kappa shape index (κ2) is 27.9. The number of halogens is 1. The normalized spacial score (nSPS) is 14.6. The fourth-order valence-corrected chi connectivity index (χ4v) is 7.86. The molecule has 6 rings (SSSR count). The monoisotopic (exact) mass is 979 g/mol. The van der Waals surface area contributed by atoms with E-state index >= 15 is 0 Å². The molecule has 71 heavy (non-hydrogen) atoms. The van der Waals surface area contributed by atoms with Crippen molar-refractivity contribution >= 4 is 52.6 Å². The van der Waals surface area contributed by atoms with Gasteiger partial charge in [0.2, 0.25) is 23.6 Å².